The Morgan fingerprint density at radius 3 is 2.25 bits per heavy atom. The Morgan fingerprint density at radius 1 is 1.19 bits per heavy atom. The number of nitrogens with one attached hydrogen (secondary N) is 1. The third kappa shape index (κ3) is 1.97. The fraction of sp³-hybridized carbons (Fsp3) is 0.500. The van der Waals surface area contributed by atoms with Crippen molar-refractivity contribution in [1.82, 2.24) is 5.32 Å². The van der Waals surface area contributed by atoms with Crippen LogP contribution in [0.2, 0.25) is 0 Å². The minimum absolute atomic E-state index is 0.351. The Hall–Kier alpha value is -1.29. The Balaban J connectivity index is 2.39. The number of alkyl halides is 1. The molecule has 1 saturated heterocycles. The van der Waals surface area contributed by atoms with Gasteiger partial charge < -0.3 is 14.8 Å². The quantitative estimate of drug-likeness (QED) is 0.851. The van der Waals surface area contributed by atoms with Gasteiger partial charge in [-0.15, -0.1) is 0 Å². The molecule has 0 radical (unpaired) electrons. The summed E-state index contributed by atoms with van der Waals surface area (Å²) in [5, 5.41) is 3.03. The second-order valence-electron chi connectivity index (χ2n) is 3.99. The lowest BCUT2D eigenvalue weighted by Crippen LogP contribution is -2.23. The van der Waals surface area contributed by atoms with Gasteiger partial charge in [-0.2, -0.15) is 0 Å². The number of ether oxygens (including phenoxy) is 2. The van der Waals surface area contributed by atoms with E-state index in [1.54, 1.807) is 32.4 Å². The Labute approximate surface area is 94.6 Å². The first-order chi connectivity index (χ1) is 7.68. The summed E-state index contributed by atoms with van der Waals surface area (Å²) in [5.41, 5.74) is -0.685. The highest BCUT2D eigenvalue weighted by Crippen LogP contribution is 2.36. The lowest BCUT2D eigenvalue weighted by Gasteiger charge is -2.20. The minimum atomic E-state index is -1.30. The molecule has 88 valence electrons. The van der Waals surface area contributed by atoms with E-state index in [4.69, 9.17) is 9.47 Å². The molecular formula is C12H16FNO2. The zero-order valence-corrected chi connectivity index (χ0v) is 9.55. The summed E-state index contributed by atoms with van der Waals surface area (Å²) >= 11 is 0. The summed E-state index contributed by atoms with van der Waals surface area (Å²) < 4.78 is 24.8. The largest absolute Gasteiger partial charge is 0.497 e. The predicted octanol–water partition coefficient (Wildman–Crippen LogP) is 1.86. The van der Waals surface area contributed by atoms with Crippen molar-refractivity contribution in [3.8, 4) is 11.5 Å². The van der Waals surface area contributed by atoms with Gasteiger partial charge in [0.05, 0.1) is 14.2 Å². The summed E-state index contributed by atoms with van der Waals surface area (Å²) in [6.07, 6.45) is 0.489. The molecule has 1 aromatic rings. The van der Waals surface area contributed by atoms with E-state index in [0.717, 1.165) is 0 Å². The van der Waals surface area contributed by atoms with Gasteiger partial charge in [0.1, 0.15) is 17.2 Å². The third-order valence-corrected chi connectivity index (χ3v) is 2.97. The summed E-state index contributed by atoms with van der Waals surface area (Å²) in [6.45, 7) is 1.05. The van der Waals surface area contributed by atoms with Gasteiger partial charge >= 0.3 is 0 Å². The SMILES string of the molecule is COc1cc(OC)cc(C2(F)CCNC2)c1. The predicted molar refractivity (Wildman–Crippen MR) is 59.8 cm³/mol. The van der Waals surface area contributed by atoms with E-state index in [1.165, 1.54) is 0 Å². The molecule has 16 heavy (non-hydrogen) atoms. The Kier molecular flexibility index (Phi) is 3.01. The molecule has 0 saturated carbocycles. The van der Waals surface area contributed by atoms with Crippen LogP contribution in [0, 0.1) is 0 Å². The molecule has 1 atom stereocenters. The van der Waals surface area contributed by atoms with E-state index in [1.807, 2.05) is 0 Å². The normalized spacial score (nSPS) is 24.4. The number of hydrogen-bond donors (Lipinski definition) is 1. The number of rotatable bonds is 3. The summed E-state index contributed by atoms with van der Waals surface area (Å²) in [6, 6.07) is 5.21. The molecule has 0 bridgehead atoms. The van der Waals surface area contributed by atoms with Crippen molar-refractivity contribution in [3.63, 3.8) is 0 Å². The molecule has 1 unspecified atom stereocenters. The van der Waals surface area contributed by atoms with Crippen molar-refractivity contribution < 1.29 is 13.9 Å². The maximum absolute atomic E-state index is 14.5. The molecule has 1 fully saturated rings. The number of hydrogen-bond acceptors (Lipinski definition) is 3. The molecule has 0 amide bonds. The molecule has 1 aliphatic heterocycles. The maximum atomic E-state index is 14.5. The van der Waals surface area contributed by atoms with Crippen LogP contribution in [0.3, 0.4) is 0 Å². The van der Waals surface area contributed by atoms with Crippen molar-refractivity contribution >= 4 is 0 Å². The van der Waals surface area contributed by atoms with Crippen molar-refractivity contribution in [2.45, 2.75) is 12.1 Å². The fourth-order valence-corrected chi connectivity index (χ4v) is 1.97. The van der Waals surface area contributed by atoms with Crippen molar-refractivity contribution in [2.75, 3.05) is 27.3 Å². The fourth-order valence-electron chi connectivity index (χ4n) is 1.97. The molecule has 1 N–H and O–H groups in total. The van der Waals surface area contributed by atoms with Crippen LogP contribution < -0.4 is 14.8 Å². The average molecular weight is 225 g/mol. The first-order valence-electron chi connectivity index (χ1n) is 5.31. The van der Waals surface area contributed by atoms with Gasteiger partial charge in [-0.3, -0.25) is 0 Å². The van der Waals surface area contributed by atoms with Gasteiger partial charge in [0.25, 0.3) is 0 Å². The van der Waals surface area contributed by atoms with Gasteiger partial charge in [-0.05, 0) is 30.7 Å². The molecule has 3 nitrogen and oxygen atoms in total. The number of methoxy groups -OCH3 is 2. The van der Waals surface area contributed by atoms with Crippen LogP contribution in [0.25, 0.3) is 0 Å². The molecular weight excluding hydrogens is 209 g/mol. The van der Waals surface area contributed by atoms with Crippen LogP contribution >= 0.6 is 0 Å². The van der Waals surface area contributed by atoms with E-state index in [0.29, 0.717) is 36.6 Å². The summed E-state index contributed by atoms with van der Waals surface area (Å²) in [7, 11) is 3.13. The van der Waals surface area contributed by atoms with Crippen LogP contribution in [0.5, 0.6) is 11.5 Å². The molecule has 1 heterocycles. The highest BCUT2D eigenvalue weighted by Gasteiger charge is 2.36. The van der Waals surface area contributed by atoms with Gasteiger partial charge in [0.15, 0.2) is 0 Å². The van der Waals surface area contributed by atoms with E-state index in [2.05, 4.69) is 5.32 Å². The van der Waals surface area contributed by atoms with E-state index in [-0.39, 0.29) is 0 Å². The summed E-state index contributed by atoms with van der Waals surface area (Å²) in [5.74, 6) is 1.25. The Morgan fingerprint density at radius 2 is 1.81 bits per heavy atom. The molecule has 0 aromatic heterocycles. The zero-order valence-electron chi connectivity index (χ0n) is 9.55. The molecule has 0 spiro atoms. The standard InChI is InChI=1S/C12H16FNO2/c1-15-10-5-9(6-11(7-10)16-2)12(13)3-4-14-8-12/h5-7,14H,3-4,8H2,1-2H3. The molecule has 1 aliphatic rings. The van der Waals surface area contributed by atoms with Crippen molar-refractivity contribution in [2.24, 2.45) is 0 Å². The van der Waals surface area contributed by atoms with Crippen molar-refractivity contribution in [3.05, 3.63) is 23.8 Å². The van der Waals surface area contributed by atoms with E-state index < -0.39 is 5.67 Å². The van der Waals surface area contributed by atoms with Gasteiger partial charge in [0.2, 0.25) is 0 Å². The van der Waals surface area contributed by atoms with Gasteiger partial charge in [0, 0.05) is 12.6 Å². The first kappa shape index (κ1) is 11.2. The minimum Gasteiger partial charge on any atom is -0.497 e. The topological polar surface area (TPSA) is 30.5 Å². The van der Waals surface area contributed by atoms with Crippen molar-refractivity contribution in [1.29, 1.82) is 0 Å². The molecule has 1 aromatic carbocycles. The lowest BCUT2D eigenvalue weighted by atomic mass is 9.94. The monoisotopic (exact) mass is 225 g/mol. The highest BCUT2D eigenvalue weighted by molar-refractivity contribution is 5.41. The summed E-state index contributed by atoms with van der Waals surface area (Å²) in [4.78, 5) is 0. The second kappa shape index (κ2) is 4.29. The number of benzene rings is 1. The average Bonchev–Trinajstić information content (AvgIpc) is 2.77. The zero-order chi connectivity index (χ0) is 11.6. The van der Waals surface area contributed by atoms with Crippen LogP contribution in [0.15, 0.2) is 18.2 Å². The first-order valence-corrected chi connectivity index (χ1v) is 5.31. The number of halogens is 1. The smallest absolute Gasteiger partial charge is 0.149 e. The van der Waals surface area contributed by atoms with Crippen LogP contribution in [0.4, 0.5) is 4.39 Å². The van der Waals surface area contributed by atoms with Crippen LogP contribution in [0.1, 0.15) is 12.0 Å². The van der Waals surface area contributed by atoms with Gasteiger partial charge in [-0.25, -0.2) is 4.39 Å². The lowest BCUT2D eigenvalue weighted by molar-refractivity contribution is 0.192. The van der Waals surface area contributed by atoms with E-state index >= 15 is 0 Å². The second-order valence-corrected chi connectivity index (χ2v) is 3.99. The maximum Gasteiger partial charge on any atom is 0.149 e. The van der Waals surface area contributed by atoms with Crippen LogP contribution in [-0.4, -0.2) is 27.3 Å². The third-order valence-electron chi connectivity index (χ3n) is 2.97. The van der Waals surface area contributed by atoms with Crippen LogP contribution in [-0.2, 0) is 5.67 Å². The molecule has 4 heteroatoms. The Bertz CT molecular complexity index is 353. The van der Waals surface area contributed by atoms with E-state index in [9.17, 15) is 4.39 Å². The van der Waals surface area contributed by atoms with Gasteiger partial charge in [-0.1, -0.05) is 0 Å². The molecule has 2 rings (SSSR count). The highest BCUT2D eigenvalue weighted by atomic mass is 19.1. The molecule has 0 aliphatic carbocycles.